The minimum absolute atomic E-state index is 0.685. The highest BCUT2D eigenvalue weighted by molar-refractivity contribution is 7.98. The van der Waals surface area contributed by atoms with E-state index in [2.05, 4.69) is 6.26 Å². The maximum absolute atomic E-state index is 5.70. The van der Waals surface area contributed by atoms with Crippen LogP contribution in [0.2, 0.25) is 0 Å². The molecule has 1 rings (SSSR count). The zero-order valence-corrected chi connectivity index (χ0v) is 11.0. The van der Waals surface area contributed by atoms with Crippen molar-refractivity contribution in [3.8, 4) is 17.2 Å². The van der Waals surface area contributed by atoms with Crippen LogP contribution in [0.15, 0.2) is 12.1 Å². The topological polar surface area (TPSA) is 27.7 Å². The van der Waals surface area contributed by atoms with Crippen molar-refractivity contribution in [1.82, 2.24) is 0 Å². The fourth-order valence-electron chi connectivity index (χ4n) is 1.39. The average Bonchev–Trinajstić information content (AvgIpc) is 2.30. The summed E-state index contributed by atoms with van der Waals surface area (Å²) in [7, 11) is 3.28. The molecule has 0 saturated carbocycles. The van der Waals surface area contributed by atoms with E-state index in [0.29, 0.717) is 6.61 Å². The number of methoxy groups -OCH3 is 2. The zero-order valence-electron chi connectivity index (χ0n) is 10.2. The summed E-state index contributed by atoms with van der Waals surface area (Å²) in [6.07, 6.45) is 2.06. The molecule has 0 fully saturated rings. The van der Waals surface area contributed by atoms with Gasteiger partial charge in [0.15, 0.2) is 11.5 Å². The molecule has 0 aliphatic carbocycles. The Balaban J connectivity index is 2.88. The average molecular weight is 242 g/mol. The maximum Gasteiger partial charge on any atom is 0.164 e. The molecular weight excluding hydrogens is 224 g/mol. The normalized spacial score (nSPS) is 10.0. The van der Waals surface area contributed by atoms with Crippen molar-refractivity contribution in [2.24, 2.45) is 0 Å². The van der Waals surface area contributed by atoms with E-state index < -0.39 is 0 Å². The number of rotatable bonds is 6. The first-order valence-corrected chi connectivity index (χ1v) is 6.46. The van der Waals surface area contributed by atoms with Gasteiger partial charge in [-0.2, -0.15) is 11.8 Å². The highest BCUT2D eigenvalue weighted by Crippen LogP contribution is 2.35. The van der Waals surface area contributed by atoms with Crippen LogP contribution in [0.1, 0.15) is 5.56 Å². The molecule has 1 aromatic carbocycles. The van der Waals surface area contributed by atoms with Crippen LogP contribution in [0.4, 0.5) is 0 Å². The second-order valence-electron chi connectivity index (χ2n) is 3.32. The number of hydrogen-bond donors (Lipinski definition) is 0. The summed E-state index contributed by atoms with van der Waals surface area (Å²) < 4.78 is 16.2. The molecule has 3 nitrogen and oxygen atoms in total. The molecule has 4 heteroatoms. The third kappa shape index (κ3) is 3.23. The molecule has 16 heavy (non-hydrogen) atoms. The molecule has 0 amide bonds. The Kier molecular flexibility index (Phi) is 5.32. The zero-order chi connectivity index (χ0) is 12.0. The molecule has 0 atom stereocenters. The first kappa shape index (κ1) is 13.0. The van der Waals surface area contributed by atoms with Crippen molar-refractivity contribution < 1.29 is 14.2 Å². The van der Waals surface area contributed by atoms with Gasteiger partial charge in [0.1, 0.15) is 5.75 Å². The highest BCUT2D eigenvalue weighted by atomic mass is 32.2. The summed E-state index contributed by atoms with van der Waals surface area (Å²) in [5.41, 5.74) is 1.03. The molecule has 0 radical (unpaired) electrons. The second-order valence-corrected chi connectivity index (χ2v) is 4.30. The van der Waals surface area contributed by atoms with Gasteiger partial charge in [0.05, 0.1) is 20.8 Å². The number of thioether (sulfide) groups is 1. The molecule has 0 saturated heterocycles. The Morgan fingerprint density at radius 1 is 1.19 bits per heavy atom. The summed E-state index contributed by atoms with van der Waals surface area (Å²) in [6.45, 7) is 2.67. The van der Waals surface area contributed by atoms with Crippen molar-refractivity contribution in [2.75, 3.05) is 32.8 Å². The lowest BCUT2D eigenvalue weighted by Gasteiger charge is -2.14. The molecule has 0 aliphatic rings. The van der Waals surface area contributed by atoms with E-state index in [1.807, 2.05) is 19.1 Å². The van der Waals surface area contributed by atoms with Crippen molar-refractivity contribution >= 4 is 11.8 Å². The van der Waals surface area contributed by atoms with Gasteiger partial charge in [-0.3, -0.25) is 0 Å². The van der Waals surface area contributed by atoms with Crippen LogP contribution in [-0.4, -0.2) is 32.8 Å². The third-order valence-corrected chi connectivity index (χ3v) is 2.78. The Bertz CT molecular complexity index is 339. The minimum atomic E-state index is 0.685. The lowest BCUT2D eigenvalue weighted by Crippen LogP contribution is -2.03. The molecule has 0 N–H and O–H groups in total. The number of ether oxygens (including phenoxy) is 3. The van der Waals surface area contributed by atoms with Crippen molar-refractivity contribution in [2.45, 2.75) is 6.92 Å². The fraction of sp³-hybridized carbons (Fsp3) is 0.500. The molecule has 0 bridgehead atoms. The van der Waals surface area contributed by atoms with E-state index in [4.69, 9.17) is 14.2 Å². The lowest BCUT2D eigenvalue weighted by atomic mass is 10.2. The molecule has 0 unspecified atom stereocenters. The van der Waals surface area contributed by atoms with E-state index in [0.717, 1.165) is 28.6 Å². The summed E-state index contributed by atoms with van der Waals surface area (Å²) in [6, 6.07) is 3.78. The maximum atomic E-state index is 5.70. The summed E-state index contributed by atoms with van der Waals surface area (Å²) in [4.78, 5) is 0. The minimum Gasteiger partial charge on any atom is -0.497 e. The summed E-state index contributed by atoms with van der Waals surface area (Å²) in [5.74, 6) is 3.27. The Morgan fingerprint density at radius 3 is 2.50 bits per heavy atom. The van der Waals surface area contributed by atoms with Crippen molar-refractivity contribution in [1.29, 1.82) is 0 Å². The van der Waals surface area contributed by atoms with Gasteiger partial charge >= 0.3 is 0 Å². The van der Waals surface area contributed by atoms with Crippen LogP contribution in [0.5, 0.6) is 17.2 Å². The van der Waals surface area contributed by atoms with Crippen LogP contribution >= 0.6 is 11.8 Å². The van der Waals surface area contributed by atoms with Gasteiger partial charge in [-0.1, -0.05) is 0 Å². The number of benzene rings is 1. The van der Waals surface area contributed by atoms with E-state index in [-0.39, 0.29) is 0 Å². The predicted octanol–water partition coefficient (Wildman–Crippen LogP) is 2.75. The Morgan fingerprint density at radius 2 is 1.94 bits per heavy atom. The number of aryl methyl sites for hydroxylation is 1. The summed E-state index contributed by atoms with van der Waals surface area (Å²) >= 11 is 1.76. The van der Waals surface area contributed by atoms with Gasteiger partial charge in [-0.25, -0.2) is 0 Å². The molecule has 0 aromatic heterocycles. The first-order chi connectivity index (χ1) is 7.72. The van der Waals surface area contributed by atoms with E-state index in [1.54, 1.807) is 26.0 Å². The van der Waals surface area contributed by atoms with Crippen molar-refractivity contribution in [3.63, 3.8) is 0 Å². The molecular formula is C12H18O3S. The van der Waals surface area contributed by atoms with E-state index >= 15 is 0 Å². The highest BCUT2D eigenvalue weighted by Gasteiger charge is 2.10. The van der Waals surface area contributed by atoms with Gasteiger partial charge in [0.25, 0.3) is 0 Å². The van der Waals surface area contributed by atoms with Gasteiger partial charge in [0.2, 0.25) is 0 Å². The third-order valence-electron chi connectivity index (χ3n) is 2.20. The monoisotopic (exact) mass is 242 g/mol. The van der Waals surface area contributed by atoms with Gasteiger partial charge in [-0.15, -0.1) is 0 Å². The van der Waals surface area contributed by atoms with Gasteiger partial charge in [-0.05, 0) is 24.8 Å². The molecule has 0 heterocycles. The van der Waals surface area contributed by atoms with Crippen LogP contribution in [-0.2, 0) is 0 Å². The first-order valence-electron chi connectivity index (χ1n) is 5.07. The van der Waals surface area contributed by atoms with Gasteiger partial charge < -0.3 is 14.2 Å². The van der Waals surface area contributed by atoms with Crippen molar-refractivity contribution in [3.05, 3.63) is 17.7 Å². The largest absolute Gasteiger partial charge is 0.497 e. The smallest absolute Gasteiger partial charge is 0.164 e. The SMILES string of the molecule is COc1cc(C)c(OCCSC)c(OC)c1. The molecule has 1 aromatic rings. The molecule has 90 valence electrons. The number of hydrogen-bond acceptors (Lipinski definition) is 4. The quantitative estimate of drug-likeness (QED) is 0.717. The molecule has 0 aliphatic heterocycles. The standard InChI is InChI=1S/C12H18O3S/c1-9-7-10(13-2)8-11(14-3)12(9)15-5-6-16-4/h7-8H,5-6H2,1-4H3. The van der Waals surface area contributed by atoms with Gasteiger partial charge in [0, 0.05) is 11.8 Å². The van der Waals surface area contributed by atoms with Crippen LogP contribution in [0.3, 0.4) is 0 Å². The molecule has 0 spiro atoms. The predicted molar refractivity (Wildman–Crippen MR) is 68.2 cm³/mol. The van der Waals surface area contributed by atoms with Crippen LogP contribution < -0.4 is 14.2 Å². The summed E-state index contributed by atoms with van der Waals surface area (Å²) in [5, 5.41) is 0. The van der Waals surface area contributed by atoms with Crippen LogP contribution in [0.25, 0.3) is 0 Å². The second kappa shape index (κ2) is 6.53. The Labute approximate surface area is 101 Å². The Hall–Kier alpha value is -1.03. The van der Waals surface area contributed by atoms with Crippen LogP contribution in [0, 0.1) is 6.92 Å². The van der Waals surface area contributed by atoms with E-state index in [9.17, 15) is 0 Å². The van der Waals surface area contributed by atoms with E-state index in [1.165, 1.54) is 0 Å². The fourth-order valence-corrected chi connectivity index (χ4v) is 1.64. The lowest BCUT2D eigenvalue weighted by molar-refractivity contribution is 0.309.